The fourth-order valence-electron chi connectivity index (χ4n) is 2.50. The van der Waals surface area contributed by atoms with Crippen LogP contribution in [-0.2, 0) is 17.9 Å². The zero-order valence-corrected chi connectivity index (χ0v) is 16.1. The van der Waals surface area contributed by atoms with Crippen molar-refractivity contribution in [3.8, 4) is 0 Å². The third-order valence-corrected chi connectivity index (χ3v) is 4.68. The van der Waals surface area contributed by atoms with Gasteiger partial charge in [-0.3, -0.25) is 4.90 Å². The average Bonchev–Trinajstić information content (AvgIpc) is 2.55. The highest BCUT2D eigenvalue weighted by molar-refractivity contribution is 9.10. The smallest absolute Gasteiger partial charge is 0.0717 e. The Morgan fingerprint density at radius 3 is 2.48 bits per heavy atom. The summed E-state index contributed by atoms with van der Waals surface area (Å²) in [6.45, 7) is 8.90. The van der Waals surface area contributed by atoms with Gasteiger partial charge < -0.3 is 15.6 Å². The summed E-state index contributed by atoms with van der Waals surface area (Å²) in [6, 6.07) is 4.21. The van der Waals surface area contributed by atoms with Crippen LogP contribution in [0.5, 0.6) is 0 Å². The number of anilines is 1. The van der Waals surface area contributed by atoms with Gasteiger partial charge in [0.05, 0.1) is 12.3 Å². The summed E-state index contributed by atoms with van der Waals surface area (Å²) < 4.78 is 6.72. The van der Waals surface area contributed by atoms with E-state index in [1.54, 1.807) is 0 Å². The minimum atomic E-state index is 0.287. The van der Waals surface area contributed by atoms with Crippen molar-refractivity contribution < 1.29 is 9.84 Å². The van der Waals surface area contributed by atoms with Gasteiger partial charge in [-0.2, -0.15) is 0 Å². The molecule has 0 saturated heterocycles. The molecule has 0 saturated carbocycles. The minimum absolute atomic E-state index is 0.287. The lowest BCUT2D eigenvalue weighted by atomic mass is 10.1. The second-order valence-electron chi connectivity index (χ2n) is 5.80. The number of nitrogen functional groups attached to an aromatic ring is 1. The fourth-order valence-corrected chi connectivity index (χ4v) is 3.05. The van der Waals surface area contributed by atoms with Crippen LogP contribution in [0.25, 0.3) is 0 Å². The molecule has 0 aliphatic carbocycles. The number of nitrogens with zero attached hydrogens (tertiary/aromatic N) is 1. The highest BCUT2D eigenvalue weighted by atomic mass is 79.9. The Bertz CT molecular complexity index is 451. The van der Waals surface area contributed by atoms with Gasteiger partial charge in [0.25, 0.3) is 0 Å². The number of unbranched alkanes of at least 4 members (excludes halogenated alkanes) is 3. The van der Waals surface area contributed by atoms with Crippen LogP contribution in [0.2, 0.25) is 0 Å². The van der Waals surface area contributed by atoms with Crippen molar-refractivity contribution in [3.05, 3.63) is 27.7 Å². The van der Waals surface area contributed by atoms with Gasteiger partial charge in [-0.1, -0.05) is 32.8 Å². The maximum absolute atomic E-state index is 8.74. The summed E-state index contributed by atoms with van der Waals surface area (Å²) in [7, 11) is 0. The highest BCUT2D eigenvalue weighted by Crippen LogP contribution is 2.27. The molecule has 1 rings (SSSR count). The van der Waals surface area contributed by atoms with Gasteiger partial charge >= 0.3 is 0 Å². The van der Waals surface area contributed by atoms with Crippen LogP contribution < -0.4 is 5.73 Å². The first-order valence-corrected chi connectivity index (χ1v) is 9.39. The van der Waals surface area contributed by atoms with Gasteiger partial charge in [0.15, 0.2) is 0 Å². The number of halogens is 1. The molecule has 0 spiro atoms. The predicted octanol–water partition coefficient (Wildman–Crippen LogP) is 3.94. The van der Waals surface area contributed by atoms with Gasteiger partial charge in [0.2, 0.25) is 0 Å². The predicted molar refractivity (Wildman–Crippen MR) is 100 cm³/mol. The minimum Gasteiger partial charge on any atom is -0.398 e. The SMILES string of the molecule is CCN(CC)Cc1cc(COCCCCCCO)cc(Br)c1N. The van der Waals surface area contributed by atoms with Crippen molar-refractivity contribution in [2.24, 2.45) is 0 Å². The van der Waals surface area contributed by atoms with Crippen molar-refractivity contribution in [1.82, 2.24) is 4.90 Å². The van der Waals surface area contributed by atoms with Gasteiger partial charge in [-0.25, -0.2) is 0 Å². The summed E-state index contributed by atoms with van der Waals surface area (Å²) >= 11 is 3.56. The van der Waals surface area contributed by atoms with Crippen LogP contribution in [-0.4, -0.2) is 36.3 Å². The third-order valence-electron chi connectivity index (χ3n) is 4.03. The first kappa shape index (κ1) is 20.4. The number of nitrogens with two attached hydrogens (primary N) is 1. The molecule has 0 unspecified atom stereocenters. The Hall–Kier alpha value is -0.620. The maximum Gasteiger partial charge on any atom is 0.0717 e. The topological polar surface area (TPSA) is 58.7 Å². The van der Waals surface area contributed by atoms with Gasteiger partial charge in [-0.15, -0.1) is 0 Å². The van der Waals surface area contributed by atoms with E-state index in [4.69, 9.17) is 15.6 Å². The Kier molecular flexibility index (Phi) is 10.5. The standard InChI is InChI=1S/C18H31BrN2O2/c1-3-21(4-2)13-16-11-15(12-17(19)18(16)20)14-23-10-8-6-5-7-9-22/h11-12,22H,3-10,13-14,20H2,1-2H3. The van der Waals surface area contributed by atoms with E-state index < -0.39 is 0 Å². The van der Waals surface area contributed by atoms with E-state index in [0.29, 0.717) is 6.61 Å². The van der Waals surface area contributed by atoms with Crippen molar-refractivity contribution in [2.75, 3.05) is 32.0 Å². The molecule has 0 aliphatic rings. The van der Waals surface area contributed by atoms with Crippen molar-refractivity contribution in [1.29, 1.82) is 0 Å². The first-order chi connectivity index (χ1) is 11.1. The van der Waals surface area contributed by atoms with Crippen molar-refractivity contribution in [3.63, 3.8) is 0 Å². The third kappa shape index (κ3) is 7.66. The van der Waals surface area contributed by atoms with Crippen LogP contribution in [0.1, 0.15) is 50.7 Å². The van der Waals surface area contributed by atoms with Gasteiger partial charge in [-0.05, 0) is 59.1 Å². The molecule has 0 radical (unpaired) electrons. The van der Waals surface area contributed by atoms with E-state index in [2.05, 4.69) is 40.7 Å². The molecule has 0 atom stereocenters. The number of benzene rings is 1. The molecule has 0 bridgehead atoms. The molecule has 0 heterocycles. The lowest BCUT2D eigenvalue weighted by molar-refractivity contribution is 0.116. The van der Waals surface area contributed by atoms with Crippen LogP contribution >= 0.6 is 15.9 Å². The Labute approximate surface area is 149 Å². The van der Waals surface area contributed by atoms with Crippen LogP contribution in [0, 0.1) is 0 Å². The number of rotatable bonds is 12. The first-order valence-electron chi connectivity index (χ1n) is 8.60. The van der Waals surface area contributed by atoms with Crippen molar-refractivity contribution in [2.45, 2.75) is 52.7 Å². The lowest BCUT2D eigenvalue weighted by Gasteiger charge is -2.20. The molecule has 0 aromatic heterocycles. The number of ether oxygens (including phenoxy) is 1. The monoisotopic (exact) mass is 386 g/mol. The molecule has 4 nitrogen and oxygen atoms in total. The summed E-state index contributed by atoms with van der Waals surface area (Å²) in [6.07, 6.45) is 4.11. The number of hydrogen-bond donors (Lipinski definition) is 2. The zero-order chi connectivity index (χ0) is 17.1. The molecular weight excluding hydrogens is 356 g/mol. The van der Waals surface area contributed by atoms with Crippen molar-refractivity contribution >= 4 is 21.6 Å². The number of aliphatic hydroxyl groups is 1. The molecule has 23 heavy (non-hydrogen) atoms. The fraction of sp³-hybridized carbons (Fsp3) is 0.667. The van der Waals surface area contributed by atoms with E-state index in [1.165, 1.54) is 0 Å². The zero-order valence-electron chi connectivity index (χ0n) is 14.5. The van der Waals surface area contributed by atoms with E-state index in [0.717, 1.165) is 73.2 Å². The summed E-state index contributed by atoms with van der Waals surface area (Å²) in [5.74, 6) is 0. The molecule has 3 N–H and O–H groups in total. The normalized spacial score (nSPS) is 11.3. The van der Waals surface area contributed by atoms with Crippen LogP contribution in [0.4, 0.5) is 5.69 Å². The Morgan fingerprint density at radius 1 is 1.13 bits per heavy atom. The summed E-state index contributed by atoms with van der Waals surface area (Å²) in [5.41, 5.74) is 9.33. The van der Waals surface area contributed by atoms with Gasteiger partial charge in [0, 0.05) is 24.2 Å². The molecular formula is C18H31BrN2O2. The second-order valence-corrected chi connectivity index (χ2v) is 6.66. The van der Waals surface area contributed by atoms with Crippen LogP contribution in [0.3, 0.4) is 0 Å². The molecule has 0 fully saturated rings. The van der Waals surface area contributed by atoms with Crippen LogP contribution in [0.15, 0.2) is 16.6 Å². The quantitative estimate of drug-likeness (QED) is 0.421. The van der Waals surface area contributed by atoms with E-state index in [9.17, 15) is 0 Å². The van der Waals surface area contributed by atoms with E-state index in [1.807, 2.05) is 6.07 Å². The second kappa shape index (κ2) is 11.8. The number of aliphatic hydroxyl groups excluding tert-OH is 1. The molecule has 132 valence electrons. The molecule has 0 amide bonds. The Morgan fingerprint density at radius 2 is 1.83 bits per heavy atom. The molecule has 0 aliphatic heterocycles. The van der Waals surface area contributed by atoms with E-state index in [-0.39, 0.29) is 6.61 Å². The molecule has 5 heteroatoms. The van der Waals surface area contributed by atoms with Gasteiger partial charge in [0.1, 0.15) is 0 Å². The van der Waals surface area contributed by atoms with E-state index >= 15 is 0 Å². The Balaban J connectivity index is 2.51. The molecule has 1 aromatic carbocycles. The highest BCUT2D eigenvalue weighted by Gasteiger charge is 2.09. The number of hydrogen-bond acceptors (Lipinski definition) is 4. The lowest BCUT2D eigenvalue weighted by Crippen LogP contribution is -2.23. The molecule has 1 aromatic rings. The summed E-state index contributed by atoms with van der Waals surface area (Å²) in [4.78, 5) is 2.35. The average molecular weight is 387 g/mol. The largest absolute Gasteiger partial charge is 0.398 e. The summed E-state index contributed by atoms with van der Waals surface area (Å²) in [5, 5.41) is 8.74. The maximum atomic E-state index is 8.74.